The number of aromatic nitrogens is 2. The summed E-state index contributed by atoms with van der Waals surface area (Å²) in [7, 11) is 2.02. The standard InChI is InChI=1S/C27H25FN4OS/c1-19-15-25(32(2)17-20-7-4-3-5-8-20)31-27(29-19)34-18-21-9-6-10-22(16-21)26(33)30-24-13-11-23(28)12-14-24/h3-16H,17-18H2,1-2H3,(H,30,33). The highest BCUT2D eigenvalue weighted by molar-refractivity contribution is 7.98. The van der Waals surface area contributed by atoms with Crippen LogP contribution in [-0.2, 0) is 12.3 Å². The zero-order valence-electron chi connectivity index (χ0n) is 19.0. The van der Waals surface area contributed by atoms with Crippen LogP contribution in [0.15, 0.2) is 90.1 Å². The number of rotatable bonds is 8. The van der Waals surface area contributed by atoms with E-state index in [0.29, 0.717) is 22.2 Å². The maximum Gasteiger partial charge on any atom is 0.255 e. The number of nitrogens with zero attached hydrogens (tertiary/aromatic N) is 3. The van der Waals surface area contributed by atoms with Crippen LogP contribution in [0.25, 0.3) is 0 Å². The maximum atomic E-state index is 13.1. The summed E-state index contributed by atoms with van der Waals surface area (Å²) in [6, 6.07) is 25.4. The Hall–Kier alpha value is -3.71. The number of nitrogens with one attached hydrogen (secondary N) is 1. The second-order valence-electron chi connectivity index (χ2n) is 7.94. The average Bonchev–Trinajstić information content (AvgIpc) is 2.84. The molecular formula is C27H25FN4OS. The molecule has 1 N–H and O–H groups in total. The van der Waals surface area contributed by atoms with Crippen molar-refractivity contribution in [3.63, 3.8) is 0 Å². The second kappa shape index (κ2) is 10.9. The van der Waals surface area contributed by atoms with Crippen LogP contribution in [0, 0.1) is 12.7 Å². The van der Waals surface area contributed by atoms with Crippen molar-refractivity contribution < 1.29 is 9.18 Å². The van der Waals surface area contributed by atoms with E-state index in [0.717, 1.165) is 23.6 Å². The van der Waals surface area contributed by atoms with Crippen molar-refractivity contribution in [2.75, 3.05) is 17.3 Å². The van der Waals surface area contributed by atoms with Crippen molar-refractivity contribution in [1.29, 1.82) is 0 Å². The molecule has 0 fully saturated rings. The first-order chi connectivity index (χ1) is 16.5. The minimum Gasteiger partial charge on any atom is -0.355 e. The van der Waals surface area contributed by atoms with Crippen LogP contribution in [0.5, 0.6) is 0 Å². The van der Waals surface area contributed by atoms with Gasteiger partial charge in [-0.2, -0.15) is 0 Å². The zero-order valence-corrected chi connectivity index (χ0v) is 19.8. The van der Waals surface area contributed by atoms with Gasteiger partial charge in [-0.25, -0.2) is 14.4 Å². The molecule has 0 spiro atoms. The number of carbonyl (C=O) groups excluding carboxylic acids is 1. The van der Waals surface area contributed by atoms with Gasteiger partial charge >= 0.3 is 0 Å². The Morgan fingerprint density at radius 1 is 0.941 bits per heavy atom. The molecule has 0 aliphatic carbocycles. The molecule has 0 aliphatic heterocycles. The van der Waals surface area contributed by atoms with E-state index in [1.165, 1.54) is 41.6 Å². The van der Waals surface area contributed by atoms with Crippen molar-refractivity contribution in [1.82, 2.24) is 9.97 Å². The van der Waals surface area contributed by atoms with Crippen molar-refractivity contribution in [2.24, 2.45) is 0 Å². The van der Waals surface area contributed by atoms with Crippen LogP contribution in [0.4, 0.5) is 15.9 Å². The van der Waals surface area contributed by atoms with Crippen LogP contribution in [0.2, 0.25) is 0 Å². The summed E-state index contributed by atoms with van der Waals surface area (Å²) in [4.78, 5) is 24.0. The van der Waals surface area contributed by atoms with Crippen LogP contribution >= 0.6 is 11.8 Å². The first-order valence-electron chi connectivity index (χ1n) is 10.9. The fraction of sp³-hybridized carbons (Fsp3) is 0.148. The number of amides is 1. The molecule has 7 heteroatoms. The van der Waals surface area contributed by atoms with Crippen molar-refractivity contribution in [2.45, 2.75) is 24.4 Å². The largest absolute Gasteiger partial charge is 0.355 e. The van der Waals surface area contributed by atoms with E-state index < -0.39 is 0 Å². The van der Waals surface area contributed by atoms with Crippen molar-refractivity contribution in [3.8, 4) is 0 Å². The van der Waals surface area contributed by atoms with Gasteiger partial charge in [0.2, 0.25) is 0 Å². The number of thioether (sulfide) groups is 1. The zero-order chi connectivity index (χ0) is 23.9. The Morgan fingerprint density at radius 3 is 2.44 bits per heavy atom. The van der Waals surface area contributed by atoms with Gasteiger partial charge < -0.3 is 10.2 Å². The predicted molar refractivity (Wildman–Crippen MR) is 136 cm³/mol. The van der Waals surface area contributed by atoms with E-state index >= 15 is 0 Å². The maximum absolute atomic E-state index is 13.1. The van der Waals surface area contributed by atoms with E-state index in [9.17, 15) is 9.18 Å². The van der Waals surface area contributed by atoms with Gasteiger partial charge in [-0.05, 0) is 54.4 Å². The van der Waals surface area contributed by atoms with Crippen LogP contribution in [0.3, 0.4) is 0 Å². The quantitative estimate of drug-likeness (QED) is 0.248. The van der Waals surface area contributed by atoms with Crippen LogP contribution < -0.4 is 10.2 Å². The number of hydrogen-bond acceptors (Lipinski definition) is 5. The number of hydrogen-bond donors (Lipinski definition) is 1. The Kier molecular flexibility index (Phi) is 7.54. The molecule has 4 aromatic rings. The van der Waals surface area contributed by atoms with Gasteiger partial charge in [0.25, 0.3) is 5.91 Å². The van der Waals surface area contributed by atoms with E-state index in [-0.39, 0.29) is 11.7 Å². The molecule has 0 unspecified atom stereocenters. The monoisotopic (exact) mass is 472 g/mol. The SMILES string of the molecule is Cc1cc(N(C)Cc2ccccc2)nc(SCc2cccc(C(=O)Nc3ccc(F)cc3)c2)n1. The normalized spacial score (nSPS) is 10.7. The molecule has 0 aliphatic rings. The summed E-state index contributed by atoms with van der Waals surface area (Å²) in [5.74, 6) is 0.911. The minimum atomic E-state index is -0.343. The molecule has 0 saturated carbocycles. The third-order valence-corrected chi connectivity index (χ3v) is 6.05. The van der Waals surface area contributed by atoms with Crippen LogP contribution in [0.1, 0.15) is 27.2 Å². The van der Waals surface area contributed by atoms with Crippen molar-refractivity contribution >= 4 is 29.2 Å². The highest BCUT2D eigenvalue weighted by atomic mass is 32.2. The first-order valence-corrected chi connectivity index (χ1v) is 11.8. The molecular weight excluding hydrogens is 447 g/mol. The van der Waals surface area contributed by atoms with Crippen LogP contribution in [-0.4, -0.2) is 22.9 Å². The highest BCUT2D eigenvalue weighted by Gasteiger charge is 2.10. The molecule has 172 valence electrons. The van der Waals surface area contributed by atoms with Gasteiger partial charge in [0.05, 0.1) is 0 Å². The Balaban J connectivity index is 1.41. The molecule has 0 atom stereocenters. The summed E-state index contributed by atoms with van der Waals surface area (Å²) >= 11 is 1.53. The number of benzene rings is 3. The highest BCUT2D eigenvalue weighted by Crippen LogP contribution is 2.24. The van der Waals surface area contributed by atoms with E-state index in [2.05, 4.69) is 27.3 Å². The van der Waals surface area contributed by atoms with Gasteiger partial charge in [0.1, 0.15) is 11.6 Å². The molecule has 0 bridgehead atoms. The predicted octanol–water partition coefficient (Wildman–Crippen LogP) is 6.11. The summed E-state index contributed by atoms with van der Waals surface area (Å²) in [5.41, 5.74) is 4.19. The summed E-state index contributed by atoms with van der Waals surface area (Å²) in [6.45, 7) is 2.72. The van der Waals surface area contributed by atoms with E-state index in [1.807, 2.05) is 56.4 Å². The molecule has 1 aromatic heterocycles. The number of anilines is 2. The summed E-state index contributed by atoms with van der Waals surface area (Å²) in [6.07, 6.45) is 0. The Bertz CT molecular complexity index is 1270. The second-order valence-corrected chi connectivity index (χ2v) is 8.88. The summed E-state index contributed by atoms with van der Waals surface area (Å²) < 4.78 is 13.1. The fourth-order valence-corrected chi connectivity index (χ4v) is 4.25. The van der Waals surface area contributed by atoms with Gasteiger partial charge in [-0.3, -0.25) is 4.79 Å². The van der Waals surface area contributed by atoms with Gasteiger partial charge in [0.15, 0.2) is 5.16 Å². The third-order valence-electron chi connectivity index (χ3n) is 5.13. The average molecular weight is 473 g/mol. The van der Waals surface area contributed by atoms with E-state index in [1.54, 1.807) is 6.07 Å². The summed E-state index contributed by atoms with van der Waals surface area (Å²) in [5, 5.41) is 3.48. The molecule has 34 heavy (non-hydrogen) atoms. The Morgan fingerprint density at radius 2 is 1.68 bits per heavy atom. The molecule has 0 radical (unpaired) electrons. The molecule has 4 rings (SSSR count). The third kappa shape index (κ3) is 6.42. The van der Waals surface area contributed by atoms with Gasteiger partial charge in [-0.1, -0.05) is 54.2 Å². The van der Waals surface area contributed by atoms with Gasteiger partial charge in [-0.15, -0.1) is 0 Å². The molecule has 1 heterocycles. The lowest BCUT2D eigenvalue weighted by Gasteiger charge is -2.19. The lowest BCUT2D eigenvalue weighted by atomic mass is 10.1. The fourth-order valence-electron chi connectivity index (χ4n) is 3.41. The topological polar surface area (TPSA) is 58.1 Å². The minimum absolute atomic E-state index is 0.241. The van der Waals surface area contributed by atoms with Gasteiger partial charge in [0, 0.05) is 42.4 Å². The smallest absolute Gasteiger partial charge is 0.255 e. The lowest BCUT2D eigenvalue weighted by Crippen LogP contribution is -2.18. The molecule has 0 saturated heterocycles. The molecule has 1 amide bonds. The number of carbonyl (C=O) groups is 1. The first kappa shape index (κ1) is 23.4. The van der Waals surface area contributed by atoms with Crippen molar-refractivity contribution in [3.05, 3.63) is 113 Å². The van der Waals surface area contributed by atoms with E-state index in [4.69, 9.17) is 4.98 Å². The number of halogens is 1. The Labute approximate surface area is 203 Å². The molecule has 3 aromatic carbocycles. The number of aryl methyl sites for hydroxylation is 1. The molecule has 5 nitrogen and oxygen atoms in total. The lowest BCUT2D eigenvalue weighted by molar-refractivity contribution is 0.102.